The Morgan fingerprint density at radius 1 is 1.58 bits per heavy atom. The molecule has 0 atom stereocenters. The first-order valence-electron chi connectivity index (χ1n) is 3.34. The van der Waals surface area contributed by atoms with E-state index in [1.165, 1.54) is 12.1 Å². The Bertz CT molecular complexity index is 312. The molecule has 3 nitrogen and oxygen atoms in total. The topological polar surface area (TPSA) is 63.3 Å². The molecule has 0 saturated carbocycles. The van der Waals surface area contributed by atoms with E-state index in [9.17, 15) is 4.79 Å². The summed E-state index contributed by atoms with van der Waals surface area (Å²) in [6, 6.07) is 4.65. The van der Waals surface area contributed by atoms with Crippen molar-refractivity contribution in [3.8, 4) is 0 Å². The van der Waals surface area contributed by atoms with Crippen molar-refractivity contribution < 1.29 is 9.90 Å². The Balaban J connectivity index is 3.17. The van der Waals surface area contributed by atoms with Crippen molar-refractivity contribution >= 4 is 17.5 Å². The first-order chi connectivity index (χ1) is 5.65. The van der Waals surface area contributed by atoms with Gasteiger partial charge < -0.3 is 10.8 Å². The lowest BCUT2D eigenvalue weighted by atomic mass is 10.1. The Labute approximate surface area is 74.8 Å². The zero-order chi connectivity index (χ0) is 9.14. The third-order valence-electron chi connectivity index (χ3n) is 1.48. The molecule has 0 unspecified atom stereocenters. The molecule has 4 heteroatoms. The van der Waals surface area contributed by atoms with E-state index in [-0.39, 0.29) is 12.2 Å². The Morgan fingerprint density at radius 3 is 2.75 bits per heavy atom. The lowest BCUT2D eigenvalue weighted by Gasteiger charge is -2.01. The number of nitrogens with two attached hydrogens (primary N) is 1. The fourth-order valence-corrected chi connectivity index (χ4v) is 1.07. The van der Waals surface area contributed by atoms with E-state index in [1.54, 1.807) is 6.07 Å². The van der Waals surface area contributed by atoms with Crippen LogP contribution in [0.5, 0.6) is 0 Å². The molecule has 3 N–H and O–H groups in total. The van der Waals surface area contributed by atoms with Gasteiger partial charge in [0.25, 0.3) is 0 Å². The van der Waals surface area contributed by atoms with Crippen molar-refractivity contribution in [2.75, 3.05) is 0 Å². The average molecular weight is 186 g/mol. The van der Waals surface area contributed by atoms with Crippen LogP contribution in [-0.2, 0) is 6.61 Å². The van der Waals surface area contributed by atoms with E-state index in [0.29, 0.717) is 10.6 Å². The maximum Gasteiger partial charge on any atom is 0.250 e. The van der Waals surface area contributed by atoms with Crippen LogP contribution in [0.2, 0.25) is 5.02 Å². The molecule has 0 aliphatic carbocycles. The van der Waals surface area contributed by atoms with Crippen LogP contribution < -0.4 is 5.73 Å². The molecule has 0 aliphatic heterocycles. The molecule has 0 bridgehead atoms. The van der Waals surface area contributed by atoms with Gasteiger partial charge in [-0.3, -0.25) is 4.79 Å². The summed E-state index contributed by atoms with van der Waals surface area (Å²) >= 11 is 5.67. The second-order valence-electron chi connectivity index (χ2n) is 2.34. The second kappa shape index (κ2) is 3.56. The molecule has 0 fully saturated rings. The molecule has 0 radical (unpaired) electrons. The van der Waals surface area contributed by atoms with E-state index in [1.807, 2.05) is 0 Å². The van der Waals surface area contributed by atoms with Gasteiger partial charge in [0.15, 0.2) is 0 Å². The summed E-state index contributed by atoms with van der Waals surface area (Å²) in [5.74, 6) is -0.588. The molecule has 1 aromatic rings. The van der Waals surface area contributed by atoms with Crippen molar-refractivity contribution in [1.82, 2.24) is 0 Å². The number of amides is 1. The van der Waals surface area contributed by atoms with Crippen LogP contribution >= 0.6 is 11.6 Å². The van der Waals surface area contributed by atoms with Crippen molar-refractivity contribution in [3.05, 3.63) is 34.3 Å². The summed E-state index contributed by atoms with van der Waals surface area (Å²) in [5.41, 5.74) is 5.89. The minimum absolute atomic E-state index is 0.128. The molecule has 0 aromatic heterocycles. The quantitative estimate of drug-likeness (QED) is 0.720. The zero-order valence-electron chi connectivity index (χ0n) is 6.25. The molecular formula is C8H8ClNO2. The minimum atomic E-state index is -0.588. The summed E-state index contributed by atoms with van der Waals surface area (Å²) < 4.78 is 0. The highest BCUT2D eigenvalue weighted by Gasteiger charge is 2.06. The SMILES string of the molecule is NC(=O)c1cc(CO)ccc1Cl. The minimum Gasteiger partial charge on any atom is -0.392 e. The van der Waals surface area contributed by atoms with Crippen LogP contribution in [0.1, 0.15) is 15.9 Å². The van der Waals surface area contributed by atoms with Gasteiger partial charge in [-0.1, -0.05) is 17.7 Å². The van der Waals surface area contributed by atoms with Crippen molar-refractivity contribution in [3.63, 3.8) is 0 Å². The number of benzene rings is 1. The Morgan fingerprint density at radius 2 is 2.25 bits per heavy atom. The molecule has 1 aromatic carbocycles. The second-order valence-corrected chi connectivity index (χ2v) is 2.74. The van der Waals surface area contributed by atoms with Crippen LogP contribution in [-0.4, -0.2) is 11.0 Å². The third kappa shape index (κ3) is 1.75. The molecule has 0 spiro atoms. The predicted molar refractivity (Wildman–Crippen MR) is 45.9 cm³/mol. The smallest absolute Gasteiger partial charge is 0.250 e. The molecule has 64 valence electrons. The Kier molecular flexibility index (Phi) is 2.68. The van der Waals surface area contributed by atoms with E-state index in [0.717, 1.165) is 0 Å². The van der Waals surface area contributed by atoms with E-state index in [4.69, 9.17) is 22.4 Å². The molecule has 0 heterocycles. The zero-order valence-corrected chi connectivity index (χ0v) is 7.01. The fourth-order valence-electron chi connectivity index (χ4n) is 0.860. The standard InChI is InChI=1S/C8H8ClNO2/c9-7-2-1-5(4-11)3-6(7)8(10)12/h1-3,11H,4H2,(H2,10,12). The number of halogens is 1. The lowest BCUT2D eigenvalue weighted by Crippen LogP contribution is -2.11. The number of aliphatic hydroxyl groups excluding tert-OH is 1. The number of rotatable bonds is 2. The highest BCUT2D eigenvalue weighted by molar-refractivity contribution is 6.33. The maximum absolute atomic E-state index is 10.7. The van der Waals surface area contributed by atoms with Gasteiger partial charge in [0.1, 0.15) is 0 Å². The molecular weight excluding hydrogens is 178 g/mol. The normalized spacial score (nSPS) is 9.83. The van der Waals surface area contributed by atoms with E-state index >= 15 is 0 Å². The fraction of sp³-hybridized carbons (Fsp3) is 0.125. The van der Waals surface area contributed by atoms with Crippen LogP contribution in [0, 0.1) is 0 Å². The first kappa shape index (κ1) is 9.03. The van der Waals surface area contributed by atoms with Crippen molar-refractivity contribution in [1.29, 1.82) is 0 Å². The molecule has 1 rings (SSSR count). The van der Waals surface area contributed by atoms with Gasteiger partial charge in [0, 0.05) is 0 Å². The van der Waals surface area contributed by atoms with Gasteiger partial charge in [-0.25, -0.2) is 0 Å². The average Bonchev–Trinajstić information content (AvgIpc) is 2.05. The number of carbonyl (C=O) groups excluding carboxylic acids is 1. The molecule has 0 saturated heterocycles. The van der Waals surface area contributed by atoms with Gasteiger partial charge in [0.05, 0.1) is 17.2 Å². The van der Waals surface area contributed by atoms with Crippen molar-refractivity contribution in [2.45, 2.75) is 6.61 Å². The molecule has 1 amide bonds. The van der Waals surface area contributed by atoms with Crippen LogP contribution in [0.3, 0.4) is 0 Å². The number of primary amides is 1. The first-order valence-corrected chi connectivity index (χ1v) is 3.72. The lowest BCUT2D eigenvalue weighted by molar-refractivity contribution is 0.100. The number of aliphatic hydroxyl groups is 1. The van der Waals surface area contributed by atoms with E-state index < -0.39 is 5.91 Å². The highest BCUT2D eigenvalue weighted by Crippen LogP contribution is 2.16. The number of carbonyl (C=O) groups is 1. The monoisotopic (exact) mass is 185 g/mol. The highest BCUT2D eigenvalue weighted by atomic mass is 35.5. The van der Waals surface area contributed by atoms with E-state index in [2.05, 4.69) is 0 Å². The van der Waals surface area contributed by atoms with Crippen LogP contribution in [0.4, 0.5) is 0 Å². The molecule has 12 heavy (non-hydrogen) atoms. The van der Waals surface area contributed by atoms with Gasteiger partial charge in [-0.15, -0.1) is 0 Å². The predicted octanol–water partition coefficient (Wildman–Crippen LogP) is 0.931. The number of hydrogen-bond donors (Lipinski definition) is 2. The summed E-state index contributed by atoms with van der Waals surface area (Å²) in [5, 5.41) is 9.04. The Hall–Kier alpha value is -1.06. The van der Waals surface area contributed by atoms with Gasteiger partial charge in [-0.2, -0.15) is 0 Å². The van der Waals surface area contributed by atoms with Gasteiger partial charge in [0.2, 0.25) is 5.91 Å². The van der Waals surface area contributed by atoms with Crippen molar-refractivity contribution in [2.24, 2.45) is 5.73 Å². The molecule has 0 aliphatic rings. The summed E-state index contributed by atoms with van der Waals surface area (Å²) in [4.78, 5) is 10.7. The number of hydrogen-bond acceptors (Lipinski definition) is 2. The maximum atomic E-state index is 10.7. The largest absolute Gasteiger partial charge is 0.392 e. The van der Waals surface area contributed by atoms with Gasteiger partial charge >= 0.3 is 0 Å². The van der Waals surface area contributed by atoms with Gasteiger partial charge in [-0.05, 0) is 17.7 Å². The summed E-state index contributed by atoms with van der Waals surface area (Å²) in [7, 11) is 0. The third-order valence-corrected chi connectivity index (χ3v) is 1.81. The summed E-state index contributed by atoms with van der Waals surface area (Å²) in [6.07, 6.45) is 0. The summed E-state index contributed by atoms with van der Waals surface area (Å²) in [6.45, 7) is -0.128. The van der Waals surface area contributed by atoms with Crippen LogP contribution in [0.15, 0.2) is 18.2 Å². The van der Waals surface area contributed by atoms with Crippen LogP contribution in [0.25, 0.3) is 0 Å².